The van der Waals surface area contributed by atoms with E-state index in [9.17, 15) is 4.79 Å². The van der Waals surface area contributed by atoms with Crippen molar-refractivity contribution in [1.29, 1.82) is 0 Å². The van der Waals surface area contributed by atoms with Gasteiger partial charge in [0.05, 0.1) is 19.9 Å². The van der Waals surface area contributed by atoms with Crippen LogP contribution >= 0.6 is 0 Å². The number of methoxy groups -OCH3 is 2. The number of hydrogen-bond donors (Lipinski definition) is 1. The van der Waals surface area contributed by atoms with Crippen LogP contribution in [0.25, 0.3) is 0 Å². The van der Waals surface area contributed by atoms with E-state index in [-0.39, 0.29) is 5.91 Å². The van der Waals surface area contributed by atoms with Gasteiger partial charge in [0.1, 0.15) is 11.5 Å². The van der Waals surface area contributed by atoms with Gasteiger partial charge in [0.15, 0.2) is 0 Å². The van der Waals surface area contributed by atoms with Gasteiger partial charge in [-0.05, 0) is 37.1 Å². The van der Waals surface area contributed by atoms with Crippen molar-refractivity contribution >= 4 is 11.6 Å². The second kappa shape index (κ2) is 8.15. The molecule has 126 valence electrons. The number of carbonyl (C=O) groups is 1. The minimum absolute atomic E-state index is 0.230. The second-order valence-corrected chi connectivity index (χ2v) is 5.23. The Morgan fingerprint density at radius 2 is 1.83 bits per heavy atom. The van der Waals surface area contributed by atoms with E-state index in [0.717, 1.165) is 16.8 Å². The number of hydrazone groups is 1. The standard InChI is InChI=1S/C19H22N2O3/c1-5-17(16-11-10-14(23-3)12-18(16)24-4)20-21-19(22)15-9-7-6-8-13(15)2/h6-12H,5H2,1-4H3,(H,21,22)/b20-17-. The summed E-state index contributed by atoms with van der Waals surface area (Å²) >= 11 is 0. The van der Waals surface area contributed by atoms with Crippen molar-refractivity contribution in [2.45, 2.75) is 20.3 Å². The van der Waals surface area contributed by atoms with Crippen LogP contribution in [-0.4, -0.2) is 25.8 Å². The zero-order valence-electron chi connectivity index (χ0n) is 14.4. The Labute approximate surface area is 142 Å². The highest BCUT2D eigenvalue weighted by molar-refractivity contribution is 6.04. The predicted octanol–water partition coefficient (Wildman–Crippen LogP) is 3.56. The van der Waals surface area contributed by atoms with Crippen LogP contribution in [0, 0.1) is 6.92 Å². The highest BCUT2D eigenvalue weighted by Crippen LogP contribution is 2.25. The Morgan fingerprint density at radius 3 is 2.46 bits per heavy atom. The van der Waals surface area contributed by atoms with Crippen molar-refractivity contribution in [1.82, 2.24) is 5.43 Å². The van der Waals surface area contributed by atoms with Gasteiger partial charge in [-0.3, -0.25) is 4.79 Å². The van der Waals surface area contributed by atoms with Gasteiger partial charge in [-0.2, -0.15) is 5.10 Å². The average Bonchev–Trinajstić information content (AvgIpc) is 2.62. The van der Waals surface area contributed by atoms with Gasteiger partial charge in [0.2, 0.25) is 0 Å². The topological polar surface area (TPSA) is 59.9 Å². The Hall–Kier alpha value is -2.82. The summed E-state index contributed by atoms with van der Waals surface area (Å²) in [5.74, 6) is 1.13. The zero-order chi connectivity index (χ0) is 17.5. The molecule has 2 rings (SSSR count). The molecule has 0 bridgehead atoms. The first kappa shape index (κ1) is 17.5. The Morgan fingerprint density at radius 1 is 1.08 bits per heavy atom. The maximum atomic E-state index is 12.3. The van der Waals surface area contributed by atoms with Crippen molar-refractivity contribution in [3.63, 3.8) is 0 Å². The van der Waals surface area contributed by atoms with Crippen LogP contribution in [0.15, 0.2) is 47.6 Å². The van der Waals surface area contributed by atoms with Crippen LogP contribution in [0.4, 0.5) is 0 Å². The molecule has 0 aromatic heterocycles. The fraction of sp³-hybridized carbons (Fsp3) is 0.263. The van der Waals surface area contributed by atoms with Gasteiger partial charge < -0.3 is 9.47 Å². The molecule has 1 amide bonds. The number of benzene rings is 2. The molecule has 0 unspecified atom stereocenters. The largest absolute Gasteiger partial charge is 0.497 e. The van der Waals surface area contributed by atoms with Crippen LogP contribution in [0.5, 0.6) is 11.5 Å². The monoisotopic (exact) mass is 326 g/mol. The Balaban J connectivity index is 2.27. The fourth-order valence-corrected chi connectivity index (χ4v) is 2.37. The van der Waals surface area contributed by atoms with Crippen LogP contribution in [0.3, 0.4) is 0 Å². The molecule has 0 aliphatic heterocycles. The molecule has 0 saturated heterocycles. The van der Waals surface area contributed by atoms with E-state index in [4.69, 9.17) is 9.47 Å². The first-order valence-electron chi connectivity index (χ1n) is 7.75. The van der Waals surface area contributed by atoms with Crippen LogP contribution in [-0.2, 0) is 0 Å². The summed E-state index contributed by atoms with van der Waals surface area (Å²) in [4.78, 5) is 12.3. The summed E-state index contributed by atoms with van der Waals surface area (Å²) in [7, 11) is 3.20. The quantitative estimate of drug-likeness (QED) is 0.652. The van der Waals surface area contributed by atoms with E-state index in [1.165, 1.54) is 0 Å². The molecule has 1 N–H and O–H groups in total. The number of nitrogens with one attached hydrogen (secondary N) is 1. The number of hydrogen-bond acceptors (Lipinski definition) is 4. The van der Waals surface area contributed by atoms with Crippen LogP contribution < -0.4 is 14.9 Å². The lowest BCUT2D eigenvalue weighted by Crippen LogP contribution is -2.21. The normalized spacial score (nSPS) is 11.1. The molecule has 0 atom stereocenters. The van der Waals surface area contributed by atoms with Crippen molar-refractivity contribution in [2.75, 3.05) is 14.2 Å². The SMILES string of the molecule is CC/C(=N/NC(=O)c1ccccc1C)c1ccc(OC)cc1OC. The average molecular weight is 326 g/mol. The molecule has 2 aromatic rings. The molecule has 0 fully saturated rings. The van der Waals surface area contributed by atoms with E-state index in [1.807, 2.05) is 44.2 Å². The maximum absolute atomic E-state index is 12.3. The molecule has 5 nitrogen and oxygen atoms in total. The van der Waals surface area contributed by atoms with Gasteiger partial charge in [-0.25, -0.2) is 5.43 Å². The molecule has 0 aliphatic carbocycles. The third-order valence-electron chi connectivity index (χ3n) is 3.74. The lowest BCUT2D eigenvalue weighted by atomic mass is 10.1. The minimum Gasteiger partial charge on any atom is -0.497 e. The summed E-state index contributed by atoms with van der Waals surface area (Å²) in [6.07, 6.45) is 0.650. The number of nitrogens with zero attached hydrogens (tertiary/aromatic N) is 1. The van der Waals surface area contributed by atoms with Crippen molar-refractivity contribution < 1.29 is 14.3 Å². The van der Waals surface area contributed by atoms with Gasteiger partial charge in [0, 0.05) is 17.2 Å². The first-order chi connectivity index (χ1) is 11.6. The van der Waals surface area contributed by atoms with E-state index < -0.39 is 0 Å². The summed E-state index contributed by atoms with van der Waals surface area (Å²) in [5.41, 5.74) is 5.71. The van der Waals surface area contributed by atoms with Gasteiger partial charge in [0.25, 0.3) is 5.91 Å². The smallest absolute Gasteiger partial charge is 0.271 e. The lowest BCUT2D eigenvalue weighted by Gasteiger charge is -2.12. The summed E-state index contributed by atoms with van der Waals surface area (Å²) in [6.45, 7) is 3.87. The Bertz CT molecular complexity index is 754. The van der Waals surface area contributed by atoms with Crippen molar-refractivity contribution in [2.24, 2.45) is 5.10 Å². The van der Waals surface area contributed by atoms with E-state index >= 15 is 0 Å². The predicted molar refractivity (Wildman–Crippen MR) is 95.0 cm³/mol. The molecule has 5 heteroatoms. The lowest BCUT2D eigenvalue weighted by molar-refractivity contribution is 0.0954. The molecular formula is C19H22N2O3. The molecule has 0 radical (unpaired) electrons. The summed E-state index contributed by atoms with van der Waals surface area (Å²) < 4.78 is 10.6. The number of carbonyl (C=O) groups excluding carboxylic acids is 1. The zero-order valence-corrected chi connectivity index (χ0v) is 14.4. The molecular weight excluding hydrogens is 304 g/mol. The summed E-state index contributed by atoms with van der Waals surface area (Å²) in [5, 5.41) is 4.29. The van der Waals surface area contributed by atoms with Gasteiger partial charge in [-0.15, -0.1) is 0 Å². The van der Waals surface area contributed by atoms with E-state index in [1.54, 1.807) is 26.4 Å². The molecule has 2 aromatic carbocycles. The first-order valence-corrected chi connectivity index (χ1v) is 7.75. The molecule has 0 aliphatic rings. The third-order valence-corrected chi connectivity index (χ3v) is 3.74. The summed E-state index contributed by atoms with van der Waals surface area (Å²) in [6, 6.07) is 12.9. The highest BCUT2D eigenvalue weighted by Gasteiger charge is 2.12. The van der Waals surface area contributed by atoms with Crippen molar-refractivity contribution in [3.05, 3.63) is 59.2 Å². The van der Waals surface area contributed by atoms with Gasteiger partial charge in [-0.1, -0.05) is 25.1 Å². The number of rotatable bonds is 6. The minimum atomic E-state index is -0.230. The maximum Gasteiger partial charge on any atom is 0.271 e. The van der Waals surface area contributed by atoms with E-state index in [0.29, 0.717) is 23.5 Å². The fourth-order valence-electron chi connectivity index (χ4n) is 2.37. The van der Waals surface area contributed by atoms with E-state index in [2.05, 4.69) is 10.5 Å². The molecule has 0 saturated carbocycles. The molecule has 0 spiro atoms. The van der Waals surface area contributed by atoms with Crippen LogP contribution in [0.1, 0.15) is 34.8 Å². The van der Waals surface area contributed by atoms with Crippen LogP contribution in [0.2, 0.25) is 0 Å². The number of aryl methyl sites for hydroxylation is 1. The number of amides is 1. The third kappa shape index (κ3) is 3.93. The second-order valence-electron chi connectivity index (χ2n) is 5.23. The molecule has 24 heavy (non-hydrogen) atoms. The van der Waals surface area contributed by atoms with Crippen molar-refractivity contribution in [3.8, 4) is 11.5 Å². The van der Waals surface area contributed by atoms with Gasteiger partial charge >= 0.3 is 0 Å². The Kier molecular flexibility index (Phi) is 5.95. The number of ether oxygens (including phenoxy) is 2. The highest BCUT2D eigenvalue weighted by atomic mass is 16.5. The molecule has 0 heterocycles.